The summed E-state index contributed by atoms with van der Waals surface area (Å²) in [6.45, 7) is 1.60. The van der Waals surface area contributed by atoms with Crippen molar-refractivity contribution in [2.45, 2.75) is 19.4 Å². The lowest BCUT2D eigenvalue weighted by Gasteiger charge is -2.15. The molecule has 0 saturated carbocycles. The fourth-order valence-corrected chi connectivity index (χ4v) is 1.53. The average Bonchev–Trinajstić information content (AvgIpc) is 2.25. The molecule has 0 heterocycles. The molecule has 0 bridgehead atoms. The number of benzene rings is 1. The van der Waals surface area contributed by atoms with E-state index in [4.69, 9.17) is 4.74 Å². The van der Waals surface area contributed by atoms with E-state index in [1.807, 2.05) is 31.3 Å². The maximum atomic E-state index is 11.1. The molecule has 82 valence electrons. The third-order valence-electron chi connectivity index (χ3n) is 2.34. The highest BCUT2D eigenvalue weighted by atomic mass is 16.5. The first-order chi connectivity index (χ1) is 7.17. The van der Waals surface area contributed by atoms with E-state index in [-0.39, 0.29) is 11.8 Å². The van der Waals surface area contributed by atoms with Gasteiger partial charge in [-0.15, -0.1) is 0 Å². The Hall–Kier alpha value is -1.35. The second kappa shape index (κ2) is 5.51. The fourth-order valence-electron chi connectivity index (χ4n) is 1.53. The molecule has 1 unspecified atom stereocenters. The summed E-state index contributed by atoms with van der Waals surface area (Å²) in [5, 5.41) is 3.12. The smallest absolute Gasteiger partial charge is 0.131 e. The van der Waals surface area contributed by atoms with Crippen LogP contribution in [0.15, 0.2) is 24.3 Å². The van der Waals surface area contributed by atoms with E-state index in [0.717, 1.165) is 11.3 Å². The Balaban J connectivity index is 2.85. The molecule has 1 aromatic carbocycles. The second-order valence-corrected chi connectivity index (χ2v) is 3.52. The molecule has 0 aromatic heterocycles. The minimum absolute atomic E-state index is 0.0672. The summed E-state index contributed by atoms with van der Waals surface area (Å²) in [7, 11) is 3.49. The summed E-state index contributed by atoms with van der Waals surface area (Å²) in [5.41, 5.74) is 1.08. The van der Waals surface area contributed by atoms with E-state index in [0.29, 0.717) is 6.42 Å². The summed E-state index contributed by atoms with van der Waals surface area (Å²) in [6.07, 6.45) is 0.504. The van der Waals surface area contributed by atoms with Crippen LogP contribution in [-0.2, 0) is 4.79 Å². The molecule has 1 aromatic rings. The molecule has 0 fully saturated rings. The van der Waals surface area contributed by atoms with Crippen LogP contribution in [-0.4, -0.2) is 19.9 Å². The van der Waals surface area contributed by atoms with Crippen LogP contribution in [0.4, 0.5) is 0 Å². The molecule has 0 aliphatic carbocycles. The van der Waals surface area contributed by atoms with Crippen molar-refractivity contribution in [2.75, 3.05) is 14.2 Å². The number of hydrogen-bond donors (Lipinski definition) is 1. The van der Waals surface area contributed by atoms with Crippen molar-refractivity contribution in [2.24, 2.45) is 0 Å². The Morgan fingerprint density at radius 2 is 2.27 bits per heavy atom. The molecule has 3 heteroatoms. The quantitative estimate of drug-likeness (QED) is 0.801. The summed E-state index contributed by atoms with van der Waals surface area (Å²) in [5.74, 6) is 0.994. The van der Waals surface area contributed by atoms with Gasteiger partial charge in [0.15, 0.2) is 0 Å². The lowest BCUT2D eigenvalue weighted by molar-refractivity contribution is -0.117. The fraction of sp³-hybridized carbons (Fsp3) is 0.417. The zero-order valence-electron chi connectivity index (χ0n) is 9.41. The number of methoxy groups -OCH3 is 1. The van der Waals surface area contributed by atoms with E-state index in [2.05, 4.69) is 5.32 Å². The van der Waals surface area contributed by atoms with Gasteiger partial charge in [0.05, 0.1) is 7.11 Å². The minimum atomic E-state index is 0.0672. The first kappa shape index (κ1) is 11.7. The number of nitrogens with one attached hydrogen (secondary N) is 1. The Labute approximate surface area is 90.4 Å². The molecule has 1 rings (SSSR count). The SMILES string of the molecule is CNC(CC(C)=O)c1cccc(OC)c1. The first-order valence-electron chi connectivity index (χ1n) is 4.98. The largest absolute Gasteiger partial charge is 0.497 e. The minimum Gasteiger partial charge on any atom is -0.497 e. The van der Waals surface area contributed by atoms with Gasteiger partial charge in [-0.2, -0.15) is 0 Å². The van der Waals surface area contributed by atoms with Gasteiger partial charge in [0.25, 0.3) is 0 Å². The van der Waals surface area contributed by atoms with Gasteiger partial charge >= 0.3 is 0 Å². The van der Waals surface area contributed by atoms with Crippen LogP contribution in [0, 0.1) is 0 Å². The number of carbonyl (C=O) groups excluding carboxylic acids is 1. The standard InChI is InChI=1S/C12H17NO2/c1-9(14)7-12(13-2)10-5-4-6-11(8-10)15-3/h4-6,8,12-13H,7H2,1-3H3. The number of ether oxygens (including phenoxy) is 1. The van der Waals surface area contributed by atoms with Crippen LogP contribution in [0.5, 0.6) is 5.75 Å². The van der Waals surface area contributed by atoms with E-state index < -0.39 is 0 Å². The van der Waals surface area contributed by atoms with Crippen LogP contribution in [0.25, 0.3) is 0 Å². The summed E-state index contributed by atoms with van der Waals surface area (Å²) in [4.78, 5) is 11.1. The average molecular weight is 207 g/mol. The van der Waals surface area contributed by atoms with E-state index in [9.17, 15) is 4.79 Å². The summed E-state index contributed by atoms with van der Waals surface area (Å²) in [6, 6.07) is 7.83. The van der Waals surface area contributed by atoms with Gasteiger partial charge < -0.3 is 10.1 Å². The Morgan fingerprint density at radius 3 is 2.80 bits per heavy atom. The molecule has 0 saturated heterocycles. The molecule has 1 N–H and O–H groups in total. The molecular weight excluding hydrogens is 190 g/mol. The molecule has 0 amide bonds. The molecule has 15 heavy (non-hydrogen) atoms. The van der Waals surface area contributed by atoms with Gasteiger partial charge in [-0.3, -0.25) is 4.79 Å². The molecular formula is C12H17NO2. The van der Waals surface area contributed by atoms with Gasteiger partial charge in [-0.1, -0.05) is 12.1 Å². The molecule has 0 spiro atoms. The van der Waals surface area contributed by atoms with Crippen LogP contribution in [0.2, 0.25) is 0 Å². The van der Waals surface area contributed by atoms with Crippen molar-refractivity contribution in [1.82, 2.24) is 5.32 Å². The molecule has 0 radical (unpaired) electrons. The number of rotatable bonds is 5. The monoisotopic (exact) mass is 207 g/mol. The van der Waals surface area contributed by atoms with Gasteiger partial charge in [-0.25, -0.2) is 0 Å². The Morgan fingerprint density at radius 1 is 1.53 bits per heavy atom. The van der Waals surface area contributed by atoms with Crippen LogP contribution in [0.3, 0.4) is 0 Å². The summed E-state index contributed by atoms with van der Waals surface area (Å²) >= 11 is 0. The molecule has 3 nitrogen and oxygen atoms in total. The van der Waals surface area contributed by atoms with E-state index >= 15 is 0 Å². The van der Waals surface area contributed by atoms with Crippen molar-refractivity contribution < 1.29 is 9.53 Å². The lowest BCUT2D eigenvalue weighted by Crippen LogP contribution is -2.18. The molecule has 0 aliphatic heterocycles. The Kier molecular flexibility index (Phi) is 4.31. The number of hydrogen-bond acceptors (Lipinski definition) is 3. The zero-order valence-corrected chi connectivity index (χ0v) is 9.41. The number of Topliss-reactive ketones (excluding diaryl/α,β-unsaturated/α-hetero) is 1. The van der Waals surface area contributed by atoms with Crippen molar-refractivity contribution in [3.05, 3.63) is 29.8 Å². The van der Waals surface area contributed by atoms with Gasteiger partial charge in [0, 0.05) is 12.5 Å². The predicted octanol–water partition coefficient (Wildman–Crippen LogP) is 1.93. The Bertz CT molecular complexity index is 336. The lowest BCUT2D eigenvalue weighted by atomic mass is 10.0. The van der Waals surface area contributed by atoms with Crippen LogP contribution < -0.4 is 10.1 Å². The highest BCUT2D eigenvalue weighted by Crippen LogP contribution is 2.21. The highest BCUT2D eigenvalue weighted by Gasteiger charge is 2.11. The normalized spacial score (nSPS) is 12.2. The molecule has 1 atom stereocenters. The van der Waals surface area contributed by atoms with Gasteiger partial charge in [-0.05, 0) is 31.7 Å². The number of ketones is 1. The third kappa shape index (κ3) is 3.36. The number of carbonyl (C=O) groups is 1. The van der Waals surface area contributed by atoms with Crippen molar-refractivity contribution >= 4 is 5.78 Å². The predicted molar refractivity (Wildman–Crippen MR) is 60.1 cm³/mol. The van der Waals surface area contributed by atoms with Gasteiger partial charge in [0.1, 0.15) is 11.5 Å². The van der Waals surface area contributed by atoms with Crippen molar-refractivity contribution in [1.29, 1.82) is 0 Å². The first-order valence-corrected chi connectivity index (χ1v) is 4.98. The van der Waals surface area contributed by atoms with Crippen LogP contribution >= 0.6 is 0 Å². The van der Waals surface area contributed by atoms with Crippen molar-refractivity contribution in [3.8, 4) is 5.75 Å². The zero-order chi connectivity index (χ0) is 11.3. The van der Waals surface area contributed by atoms with Crippen LogP contribution in [0.1, 0.15) is 24.9 Å². The van der Waals surface area contributed by atoms with E-state index in [1.54, 1.807) is 14.0 Å². The maximum absolute atomic E-state index is 11.1. The van der Waals surface area contributed by atoms with Gasteiger partial charge in [0.2, 0.25) is 0 Å². The maximum Gasteiger partial charge on any atom is 0.131 e. The second-order valence-electron chi connectivity index (χ2n) is 3.52. The highest BCUT2D eigenvalue weighted by molar-refractivity contribution is 5.76. The summed E-state index contributed by atoms with van der Waals surface area (Å²) < 4.78 is 5.14. The topological polar surface area (TPSA) is 38.3 Å². The molecule has 0 aliphatic rings. The third-order valence-corrected chi connectivity index (χ3v) is 2.34. The van der Waals surface area contributed by atoms with Crippen molar-refractivity contribution in [3.63, 3.8) is 0 Å². The van der Waals surface area contributed by atoms with E-state index in [1.165, 1.54) is 0 Å².